The third-order valence-corrected chi connectivity index (χ3v) is 3.40. The summed E-state index contributed by atoms with van der Waals surface area (Å²) in [7, 11) is 1.49. The van der Waals surface area contributed by atoms with Crippen LogP contribution in [-0.4, -0.2) is 37.2 Å². The Labute approximate surface area is 136 Å². The fourth-order valence-electron chi connectivity index (χ4n) is 1.77. The number of rotatable bonds is 9. The van der Waals surface area contributed by atoms with Gasteiger partial charge in [-0.3, -0.25) is 9.59 Å². The quantitative estimate of drug-likeness (QED) is 0.683. The highest BCUT2D eigenvalue weighted by atomic mass is 16.5. The molecular formula is C17H23NO5. The molecule has 0 aliphatic carbocycles. The van der Waals surface area contributed by atoms with Crippen molar-refractivity contribution < 1.29 is 24.2 Å². The molecule has 0 saturated heterocycles. The van der Waals surface area contributed by atoms with Crippen molar-refractivity contribution in [3.63, 3.8) is 0 Å². The van der Waals surface area contributed by atoms with E-state index in [9.17, 15) is 9.59 Å². The number of aliphatic carboxylic acids is 1. The zero-order valence-electron chi connectivity index (χ0n) is 13.7. The van der Waals surface area contributed by atoms with E-state index < -0.39 is 11.4 Å². The number of carboxylic acid groups (broad SMARTS) is 1. The number of carboxylic acids is 1. The van der Waals surface area contributed by atoms with Crippen LogP contribution in [0.15, 0.2) is 30.9 Å². The first kappa shape index (κ1) is 18.5. The van der Waals surface area contributed by atoms with Gasteiger partial charge in [0.1, 0.15) is 6.61 Å². The van der Waals surface area contributed by atoms with E-state index in [-0.39, 0.29) is 12.5 Å². The van der Waals surface area contributed by atoms with Crippen LogP contribution in [0.25, 0.3) is 0 Å². The standard InChI is InChI=1S/C17H23NO5/c1-5-10-23-13-7-6-12(11-14(13)22-4)15(19)18-9-8-17(2,3)16(20)21/h5-7,11H,1,8-10H2,2-4H3,(H,18,19)(H,20,21). The van der Waals surface area contributed by atoms with Crippen molar-refractivity contribution >= 4 is 11.9 Å². The molecule has 126 valence electrons. The van der Waals surface area contributed by atoms with Crippen LogP contribution in [0.5, 0.6) is 11.5 Å². The van der Waals surface area contributed by atoms with Gasteiger partial charge in [-0.1, -0.05) is 12.7 Å². The minimum absolute atomic E-state index is 0.273. The first-order valence-corrected chi connectivity index (χ1v) is 7.25. The lowest BCUT2D eigenvalue weighted by Crippen LogP contribution is -2.31. The highest BCUT2D eigenvalue weighted by Gasteiger charge is 2.26. The van der Waals surface area contributed by atoms with E-state index >= 15 is 0 Å². The Morgan fingerprint density at radius 2 is 2.04 bits per heavy atom. The first-order chi connectivity index (χ1) is 10.8. The fraction of sp³-hybridized carbons (Fsp3) is 0.412. The van der Waals surface area contributed by atoms with Gasteiger partial charge < -0.3 is 19.9 Å². The molecule has 0 aliphatic heterocycles. The van der Waals surface area contributed by atoms with E-state index in [1.807, 2.05) is 0 Å². The number of hydrogen-bond donors (Lipinski definition) is 2. The molecular weight excluding hydrogens is 298 g/mol. The van der Waals surface area contributed by atoms with Crippen LogP contribution in [-0.2, 0) is 4.79 Å². The number of methoxy groups -OCH3 is 1. The lowest BCUT2D eigenvalue weighted by molar-refractivity contribution is -0.147. The molecule has 1 aromatic rings. The Morgan fingerprint density at radius 1 is 1.35 bits per heavy atom. The molecule has 0 aromatic heterocycles. The topological polar surface area (TPSA) is 84.9 Å². The van der Waals surface area contributed by atoms with Gasteiger partial charge in [-0.05, 0) is 38.5 Å². The van der Waals surface area contributed by atoms with Crippen LogP contribution in [0.2, 0.25) is 0 Å². The Bertz CT molecular complexity index is 580. The van der Waals surface area contributed by atoms with Crippen LogP contribution < -0.4 is 14.8 Å². The number of benzene rings is 1. The smallest absolute Gasteiger partial charge is 0.309 e. The van der Waals surface area contributed by atoms with Crippen molar-refractivity contribution in [3.05, 3.63) is 36.4 Å². The lowest BCUT2D eigenvalue weighted by atomic mass is 9.90. The van der Waals surface area contributed by atoms with Gasteiger partial charge in [-0.25, -0.2) is 0 Å². The molecule has 0 atom stereocenters. The fourth-order valence-corrected chi connectivity index (χ4v) is 1.77. The minimum Gasteiger partial charge on any atom is -0.493 e. The Kier molecular flexibility index (Phi) is 6.63. The summed E-state index contributed by atoms with van der Waals surface area (Å²) < 4.78 is 10.6. The molecule has 6 nitrogen and oxygen atoms in total. The second-order valence-corrected chi connectivity index (χ2v) is 5.66. The molecule has 6 heteroatoms. The summed E-state index contributed by atoms with van der Waals surface area (Å²) in [5.41, 5.74) is -0.464. The molecule has 2 N–H and O–H groups in total. The van der Waals surface area contributed by atoms with Gasteiger partial charge in [0, 0.05) is 12.1 Å². The average molecular weight is 321 g/mol. The zero-order valence-corrected chi connectivity index (χ0v) is 13.7. The Balaban J connectivity index is 2.69. The molecule has 0 fully saturated rings. The lowest BCUT2D eigenvalue weighted by Gasteiger charge is -2.19. The molecule has 0 saturated carbocycles. The van der Waals surface area contributed by atoms with Crippen LogP contribution in [0.3, 0.4) is 0 Å². The van der Waals surface area contributed by atoms with E-state index in [0.29, 0.717) is 30.1 Å². The van der Waals surface area contributed by atoms with Gasteiger partial charge in [0.05, 0.1) is 12.5 Å². The Morgan fingerprint density at radius 3 is 2.61 bits per heavy atom. The maximum absolute atomic E-state index is 12.1. The summed E-state index contributed by atoms with van der Waals surface area (Å²) in [6.45, 7) is 7.43. The summed E-state index contributed by atoms with van der Waals surface area (Å²) in [4.78, 5) is 23.1. The summed E-state index contributed by atoms with van der Waals surface area (Å²) >= 11 is 0. The average Bonchev–Trinajstić information content (AvgIpc) is 2.52. The molecule has 1 rings (SSSR count). The molecule has 0 aliphatic rings. The second kappa shape index (κ2) is 8.22. The summed E-state index contributed by atoms with van der Waals surface area (Å²) in [6, 6.07) is 4.85. The SMILES string of the molecule is C=CCOc1ccc(C(=O)NCCC(C)(C)C(=O)O)cc1OC. The minimum atomic E-state index is -0.892. The van der Waals surface area contributed by atoms with Crippen molar-refractivity contribution in [2.24, 2.45) is 5.41 Å². The van der Waals surface area contributed by atoms with E-state index in [4.69, 9.17) is 14.6 Å². The molecule has 0 unspecified atom stereocenters. The second-order valence-electron chi connectivity index (χ2n) is 5.66. The maximum atomic E-state index is 12.1. The molecule has 23 heavy (non-hydrogen) atoms. The van der Waals surface area contributed by atoms with Gasteiger partial charge in [0.15, 0.2) is 11.5 Å². The largest absolute Gasteiger partial charge is 0.493 e. The van der Waals surface area contributed by atoms with Crippen molar-refractivity contribution in [1.82, 2.24) is 5.32 Å². The summed E-state index contributed by atoms with van der Waals surface area (Å²) in [6.07, 6.45) is 1.95. The number of ether oxygens (including phenoxy) is 2. The zero-order chi connectivity index (χ0) is 17.5. The van der Waals surface area contributed by atoms with E-state index in [2.05, 4.69) is 11.9 Å². The monoisotopic (exact) mass is 321 g/mol. The Hall–Kier alpha value is -2.50. The number of amides is 1. The van der Waals surface area contributed by atoms with E-state index in [1.165, 1.54) is 7.11 Å². The number of carbonyl (C=O) groups excluding carboxylic acids is 1. The van der Waals surface area contributed by atoms with Gasteiger partial charge in [0.2, 0.25) is 0 Å². The van der Waals surface area contributed by atoms with Gasteiger partial charge in [-0.2, -0.15) is 0 Å². The highest BCUT2D eigenvalue weighted by molar-refractivity contribution is 5.94. The molecule has 0 radical (unpaired) electrons. The third kappa shape index (κ3) is 5.32. The van der Waals surface area contributed by atoms with Crippen molar-refractivity contribution in [2.75, 3.05) is 20.3 Å². The molecule has 0 bridgehead atoms. The van der Waals surface area contributed by atoms with Crippen LogP contribution in [0.1, 0.15) is 30.6 Å². The van der Waals surface area contributed by atoms with Crippen molar-refractivity contribution in [1.29, 1.82) is 0 Å². The predicted octanol–water partition coefficient (Wildman–Crippen LogP) is 2.49. The van der Waals surface area contributed by atoms with E-state index in [1.54, 1.807) is 38.1 Å². The van der Waals surface area contributed by atoms with Crippen molar-refractivity contribution in [2.45, 2.75) is 20.3 Å². The summed E-state index contributed by atoms with van der Waals surface area (Å²) in [5.74, 6) is -0.210. The summed E-state index contributed by atoms with van der Waals surface area (Å²) in [5, 5.41) is 11.8. The molecule has 1 amide bonds. The molecule has 1 aromatic carbocycles. The normalized spacial score (nSPS) is 10.7. The van der Waals surface area contributed by atoms with Crippen molar-refractivity contribution in [3.8, 4) is 11.5 Å². The highest BCUT2D eigenvalue weighted by Crippen LogP contribution is 2.28. The number of hydrogen-bond acceptors (Lipinski definition) is 4. The van der Waals surface area contributed by atoms with Gasteiger partial charge >= 0.3 is 5.97 Å². The van der Waals surface area contributed by atoms with Crippen LogP contribution in [0, 0.1) is 5.41 Å². The number of nitrogens with one attached hydrogen (secondary N) is 1. The predicted molar refractivity (Wildman–Crippen MR) is 87.1 cm³/mol. The van der Waals surface area contributed by atoms with E-state index in [0.717, 1.165) is 0 Å². The van der Waals surface area contributed by atoms with Gasteiger partial charge in [-0.15, -0.1) is 0 Å². The van der Waals surface area contributed by atoms with Gasteiger partial charge in [0.25, 0.3) is 5.91 Å². The molecule has 0 spiro atoms. The first-order valence-electron chi connectivity index (χ1n) is 7.25. The van der Waals surface area contributed by atoms with Crippen LogP contribution >= 0.6 is 0 Å². The molecule has 0 heterocycles. The maximum Gasteiger partial charge on any atom is 0.309 e. The third-order valence-electron chi connectivity index (χ3n) is 3.40. The van der Waals surface area contributed by atoms with Crippen LogP contribution in [0.4, 0.5) is 0 Å². The number of carbonyl (C=O) groups is 2.